The molecule has 6 heteroatoms. The highest BCUT2D eigenvalue weighted by atomic mass is 15.3. The Kier molecular flexibility index (Phi) is 7.05. The molecule has 2 aliphatic rings. The first kappa shape index (κ1) is 20.9. The zero-order valence-electron chi connectivity index (χ0n) is 18.5. The maximum Gasteiger partial charge on any atom is 0.194 e. The fourth-order valence-electron chi connectivity index (χ4n) is 4.64. The highest BCUT2D eigenvalue weighted by Gasteiger charge is 2.28. The molecule has 2 saturated heterocycles. The number of aromatic nitrogens is 2. The van der Waals surface area contributed by atoms with Gasteiger partial charge in [0.1, 0.15) is 0 Å². The van der Waals surface area contributed by atoms with Crippen molar-refractivity contribution in [3.05, 3.63) is 54.1 Å². The fraction of sp³-hybridized carbons (Fsp3) is 0.583. The van der Waals surface area contributed by atoms with E-state index in [0.717, 1.165) is 32.1 Å². The van der Waals surface area contributed by atoms with Gasteiger partial charge in [0.15, 0.2) is 5.96 Å². The van der Waals surface area contributed by atoms with E-state index < -0.39 is 0 Å². The first-order chi connectivity index (χ1) is 14.7. The minimum absolute atomic E-state index is 0.440. The average molecular weight is 409 g/mol. The molecule has 4 rings (SSSR count). The lowest BCUT2D eigenvalue weighted by Gasteiger charge is -2.39. The molecular weight excluding hydrogens is 372 g/mol. The monoisotopic (exact) mass is 408 g/mol. The summed E-state index contributed by atoms with van der Waals surface area (Å²) in [5.74, 6) is 1.66. The summed E-state index contributed by atoms with van der Waals surface area (Å²) in [6.07, 6.45) is 9.75. The van der Waals surface area contributed by atoms with Crippen LogP contribution in [0, 0.1) is 5.92 Å². The molecule has 0 saturated carbocycles. The molecule has 0 amide bonds. The molecule has 162 valence electrons. The van der Waals surface area contributed by atoms with Gasteiger partial charge in [-0.25, -0.2) is 9.98 Å². The molecule has 2 fully saturated rings. The van der Waals surface area contributed by atoms with Crippen LogP contribution in [0.25, 0.3) is 0 Å². The number of guanidine groups is 1. The molecule has 0 spiro atoms. The van der Waals surface area contributed by atoms with E-state index in [0.29, 0.717) is 18.5 Å². The molecule has 6 nitrogen and oxygen atoms in total. The zero-order chi connectivity index (χ0) is 20.8. The Balaban J connectivity index is 1.39. The third-order valence-corrected chi connectivity index (χ3v) is 6.50. The Bertz CT molecular complexity index is 792. The van der Waals surface area contributed by atoms with Crippen molar-refractivity contribution in [2.45, 2.75) is 52.2 Å². The van der Waals surface area contributed by atoms with Gasteiger partial charge in [-0.2, -0.15) is 0 Å². The van der Waals surface area contributed by atoms with E-state index in [1.165, 1.54) is 43.5 Å². The number of benzene rings is 1. The molecule has 30 heavy (non-hydrogen) atoms. The summed E-state index contributed by atoms with van der Waals surface area (Å²) >= 11 is 0. The van der Waals surface area contributed by atoms with Crippen molar-refractivity contribution in [2.24, 2.45) is 10.9 Å². The van der Waals surface area contributed by atoms with Crippen LogP contribution in [0.3, 0.4) is 0 Å². The second-order valence-corrected chi connectivity index (χ2v) is 8.76. The number of aliphatic imine (C=N–C) groups is 1. The Hall–Kier alpha value is -2.34. The van der Waals surface area contributed by atoms with Gasteiger partial charge in [0.05, 0.1) is 18.9 Å². The lowest BCUT2D eigenvalue weighted by molar-refractivity contribution is 0.189. The molecule has 2 aromatic rings. The molecule has 0 aliphatic carbocycles. The van der Waals surface area contributed by atoms with Crippen molar-refractivity contribution in [1.29, 1.82) is 0 Å². The molecule has 3 heterocycles. The third-order valence-electron chi connectivity index (χ3n) is 6.50. The summed E-state index contributed by atoms with van der Waals surface area (Å²) in [5.41, 5.74) is 2.68. The van der Waals surface area contributed by atoms with Gasteiger partial charge in [0.2, 0.25) is 0 Å². The van der Waals surface area contributed by atoms with E-state index >= 15 is 0 Å². The van der Waals surface area contributed by atoms with Crippen LogP contribution in [0.5, 0.6) is 0 Å². The van der Waals surface area contributed by atoms with Crippen molar-refractivity contribution < 1.29 is 0 Å². The lowest BCUT2D eigenvalue weighted by Crippen LogP contribution is -2.49. The molecule has 0 bridgehead atoms. The van der Waals surface area contributed by atoms with E-state index in [9.17, 15) is 0 Å². The van der Waals surface area contributed by atoms with Crippen LogP contribution in [0.4, 0.5) is 0 Å². The van der Waals surface area contributed by atoms with E-state index in [-0.39, 0.29) is 0 Å². The molecular formula is C24H36N6. The van der Waals surface area contributed by atoms with Crippen LogP contribution in [-0.2, 0) is 13.1 Å². The Labute approximate surface area is 181 Å². The van der Waals surface area contributed by atoms with Gasteiger partial charge < -0.3 is 14.8 Å². The Morgan fingerprint density at radius 3 is 2.60 bits per heavy atom. The maximum absolute atomic E-state index is 4.98. The minimum Gasteiger partial charge on any atom is -0.357 e. The minimum atomic E-state index is 0.440. The first-order valence-electron chi connectivity index (χ1n) is 11.5. The van der Waals surface area contributed by atoms with Crippen molar-refractivity contribution >= 4 is 5.96 Å². The van der Waals surface area contributed by atoms with E-state index in [2.05, 4.69) is 69.0 Å². The predicted octanol–water partition coefficient (Wildman–Crippen LogP) is 3.53. The van der Waals surface area contributed by atoms with Crippen LogP contribution in [0.15, 0.2) is 48.0 Å². The topological polar surface area (TPSA) is 48.7 Å². The number of nitrogens with one attached hydrogen (secondary N) is 1. The predicted molar refractivity (Wildman–Crippen MR) is 122 cm³/mol. The largest absolute Gasteiger partial charge is 0.357 e. The zero-order valence-corrected chi connectivity index (χ0v) is 18.5. The summed E-state index contributed by atoms with van der Waals surface area (Å²) in [7, 11) is 0. The van der Waals surface area contributed by atoms with Gasteiger partial charge in [-0.1, -0.05) is 31.2 Å². The molecule has 1 aromatic carbocycles. The van der Waals surface area contributed by atoms with Crippen molar-refractivity contribution in [2.75, 3.05) is 32.7 Å². The molecule has 2 atom stereocenters. The van der Waals surface area contributed by atoms with Gasteiger partial charge >= 0.3 is 0 Å². The van der Waals surface area contributed by atoms with Crippen LogP contribution in [-0.4, -0.2) is 58.0 Å². The van der Waals surface area contributed by atoms with E-state index in [1.54, 1.807) is 0 Å². The lowest BCUT2D eigenvalue weighted by atomic mass is 9.93. The Morgan fingerprint density at radius 2 is 1.90 bits per heavy atom. The molecule has 1 N–H and O–H groups in total. The number of likely N-dealkylation sites (tertiary alicyclic amines) is 2. The second kappa shape index (κ2) is 10.1. The van der Waals surface area contributed by atoms with Crippen LogP contribution >= 0.6 is 0 Å². The van der Waals surface area contributed by atoms with Crippen LogP contribution < -0.4 is 5.32 Å². The van der Waals surface area contributed by atoms with Gasteiger partial charge in [-0.05, 0) is 56.3 Å². The van der Waals surface area contributed by atoms with Crippen LogP contribution in [0.1, 0.15) is 50.3 Å². The van der Waals surface area contributed by atoms with Crippen molar-refractivity contribution in [3.63, 3.8) is 0 Å². The normalized spacial score (nSPS) is 23.1. The molecule has 2 aliphatic heterocycles. The summed E-state index contributed by atoms with van der Waals surface area (Å²) in [6.45, 7) is 11.7. The second-order valence-electron chi connectivity index (χ2n) is 8.76. The fourth-order valence-corrected chi connectivity index (χ4v) is 4.64. The maximum atomic E-state index is 4.98. The summed E-state index contributed by atoms with van der Waals surface area (Å²) < 4.78 is 2.25. The summed E-state index contributed by atoms with van der Waals surface area (Å²) in [4.78, 5) is 14.2. The van der Waals surface area contributed by atoms with Gasteiger partial charge in [0, 0.05) is 38.6 Å². The van der Waals surface area contributed by atoms with E-state index in [4.69, 9.17) is 4.99 Å². The number of imidazole rings is 1. The number of hydrogen-bond acceptors (Lipinski definition) is 3. The molecule has 2 unspecified atom stereocenters. The van der Waals surface area contributed by atoms with E-state index in [1.807, 2.05) is 12.5 Å². The molecule has 1 aromatic heterocycles. The summed E-state index contributed by atoms with van der Waals surface area (Å²) in [6, 6.07) is 9.47. The standard InChI is InChI=1S/C24H36N6/c1-3-26-24(29-14-10-20(2)23(18-29)30-15-11-25-19-30)27-16-21-6-8-22(9-7-21)17-28-12-4-5-13-28/h6-9,11,15,19-20,23H,3-5,10,12-14,16-18H2,1-2H3,(H,26,27). The number of hydrogen-bond donors (Lipinski definition) is 1. The van der Waals surface area contributed by atoms with Gasteiger partial charge in [-0.3, -0.25) is 4.90 Å². The van der Waals surface area contributed by atoms with Gasteiger partial charge in [0.25, 0.3) is 0 Å². The number of nitrogens with zero attached hydrogens (tertiary/aromatic N) is 5. The number of piperidine rings is 1. The highest BCUT2D eigenvalue weighted by Crippen LogP contribution is 2.27. The molecule has 0 radical (unpaired) electrons. The van der Waals surface area contributed by atoms with Gasteiger partial charge in [-0.15, -0.1) is 0 Å². The summed E-state index contributed by atoms with van der Waals surface area (Å²) in [5, 5.41) is 3.51. The SMILES string of the molecule is CCNC(=NCc1ccc(CN2CCCC2)cc1)N1CCC(C)C(n2ccnc2)C1. The van der Waals surface area contributed by atoms with Crippen LogP contribution in [0.2, 0.25) is 0 Å². The highest BCUT2D eigenvalue weighted by molar-refractivity contribution is 5.80. The van der Waals surface area contributed by atoms with Crippen molar-refractivity contribution in [3.8, 4) is 0 Å². The Morgan fingerprint density at radius 1 is 1.13 bits per heavy atom. The smallest absolute Gasteiger partial charge is 0.194 e. The third kappa shape index (κ3) is 5.22. The first-order valence-corrected chi connectivity index (χ1v) is 11.5. The van der Waals surface area contributed by atoms with Crippen molar-refractivity contribution in [1.82, 2.24) is 24.7 Å². The number of rotatable bonds is 6. The average Bonchev–Trinajstić information content (AvgIpc) is 3.47. The quantitative estimate of drug-likeness (QED) is 0.587.